The third-order valence-electron chi connectivity index (χ3n) is 5.71. The lowest BCUT2D eigenvalue weighted by Gasteiger charge is -2.15. The Morgan fingerprint density at radius 1 is 1.03 bits per heavy atom. The monoisotopic (exact) mass is 420 g/mol. The van der Waals surface area contributed by atoms with Gasteiger partial charge >= 0.3 is 5.69 Å². The summed E-state index contributed by atoms with van der Waals surface area (Å²) in [6.07, 6.45) is 0. The van der Waals surface area contributed by atoms with Crippen molar-refractivity contribution in [1.82, 2.24) is 28.5 Å². The molecule has 4 rings (SSSR count). The Morgan fingerprint density at radius 2 is 1.74 bits per heavy atom. The van der Waals surface area contributed by atoms with Gasteiger partial charge < -0.3 is 0 Å². The summed E-state index contributed by atoms with van der Waals surface area (Å²) < 4.78 is 6.36. The summed E-state index contributed by atoms with van der Waals surface area (Å²) in [6.45, 7) is 12.1. The van der Waals surface area contributed by atoms with E-state index in [4.69, 9.17) is 4.98 Å². The number of fused-ring (bicyclic) bond motifs is 1. The van der Waals surface area contributed by atoms with Gasteiger partial charge in [0.05, 0.1) is 12.2 Å². The molecule has 0 atom stereocenters. The van der Waals surface area contributed by atoms with Crippen molar-refractivity contribution in [2.45, 2.75) is 54.1 Å². The Hall–Kier alpha value is -3.42. The molecule has 0 aliphatic rings. The molecule has 3 heterocycles. The van der Waals surface area contributed by atoms with E-state index in [0.717, 1.165) is 28.1 Å². The van der Waals surface area contributed by atoms with Crippen molar-refractivity contribution < 1.29 is 0 Å². The van der Waals surface area contributed by atoms with Crippen molar-refractivity contribution in [2.24, 2.45) is 7.05 Å². The topological polar surface area (TPSA) is 79.6 Å². The minimum Gasteiger partial charge on any atom is -0.300 e. The fourth-order valence-corrected chi connectivity index (χ4v) is 4.08. The molecule has 0 saturated heterocycles. The standard InChI is InChI=1S/C23H28N6O2/c1-13(2)28-19-20(24-22(28)29-17(6)11-16(5)25-29)26(7)23(31)27(21(19)30)12-18-10-14(3)8-9-15(18)4/h8-11,13H,12H2,1-7H3. The molecule has 0 spiro atoms. The predicted octanol–water partition coefficient (Wildman–Crippen LogP) is 2.95. The van der Waals surface area contributed by atoms with E-state index < -0.39 is 0 Å². The van der Waals surface area contributed by atoms with E-state index in [1.807, 2.05) is 70.4 Å². The van der Waals surface area contributed by atoms with Crippen LogP contribution in [0.1, 0.15) is 48.0 Å². The highest BCUT2D eigenvalue weighted by molar-refractivity contribution is 5.73. The molecule has 0 N–H and O–H groups in total. The lowest BCUT2D eigenvalue weighted by Crippen LogP contribution is -2.40. The van der Waals surface area contributed by atoms with Crippen molar-refractivity contribution in [2.75, 3.05) is 0 Å². The van der Waals surface area contributed by atoms with Gasteiger partial charge in [-0.15, -0.1) is 0 Å². The van der Waals surface area contributed by atoms with Crippen LogP contribution in [0.15, 0.2) is 33.9 Å². The van der Waals surface area contributed by atoms with Crippen LogP contribution in [0, 0.1) is 27.7 Å². The first-order chi connectivity index (χ1) is 14.6. The van der Waals surface area contributed by atoms with Crippen LogP contribution >= 0.6 is 0 Å². The summed E-state index contributed by atoms with van der Waals surface area (Å²) in [7, 11) is 1.66. The SMILES string of the molecule is Cc1ccc(C)c(Cn2c(=O)c3c(nc(-n4nc(C)cc4C)n3C(C)C)n(C)c2=O)c1. The van der Waals surface area contributed by atoms with Gasteiger partial charge in [-0.05, 0) is 58.7 Å². The maximum Gasteiger partial charge on any atom is 0.332 e. The van der Waals surface area contributed by atoms with Gasteiger partial charge in [-0.25, -0.2) is 9.48 Å². The first-order valence-corrected chi connectivity index (χ1v) is 10.4. The lowest BCUT2D eigenvalue weighted by atomic mass is 10.1. The van der Waals surface area contributed by atoms with Crippen LogP contribution in [0.25, 0.3) is 17.1 Å². The molecule has 4 aromatic rings. The molecule has 0 amide bonds. The molecule has 0 aliphatic carbocycles. The molecule has 0 bridgehead atoms. The fourth-order valence-electron chi connectivity index (χ4n) is 4.08. The Morgan fingerprint density at radius 3 is 2.35 bits per heavy atom. The maximum atomic E-state index is 13.6. The minimum atomic E-state index is -0.383. The summed E-state index contributed by atoms with van der Waals surface area (Å²) >= 11 is 0. The summed E-state index contributed by atoms with van der Waals surface area (Å²) in [5, 5.41) is 4.55. The number of imidazole rings is 1. The molecule has 1 aromatic carbocycles. The van der Waals surface area contributed by atoms with Crippen molar-refractivity contribution in [3.8, 4) is 5.95 Å². The third-order valence-corrected chi connectivity index (χ3v) is 5.71. The summed E-state index contributed by atoms with van der Waals surface area (Å²) in [6, 6.07) is 7.97. The van der Waals surface area contributed by atoms with E-state index in [-0.39, 0.29) is 23.8 Å². The summed E-state index contributed by atoms with van der Waals surface area (Å²) in [5.41, 5.74) is 4.91. The van der Waals surface area contributed by atoms with Crippen LogP contribution in [0.4, 0.5) is 0 Å². The maximum absolute atomic E-state index is 13.6. The molecule has 3 aromatic heterocycles. The Labute approximate surface area is 180 Å². The van der Waals surface area contributed by atoms with Crippen LogP contribution in [0.2, 0.25) is 0 Å². The van der Waals surface area contributed by atoms with Crippen molar-refractivity contribution in [3.05, 3.63) is 73.2 Å². The normalized spacial score (nSPS) is 11.7. The van der Waals surface area contributed by atoms with Gasteiger partial charge in [0.15, 0.2) is 11.2 Å². The summed E-state index contributed by atoms with van der Waals surface area (Å²) in [4.78, 5) is 31.5. The van der Waals surface area contributed by atoms with E-state index in [9.17, 15) is 9.59 Å². The number of nitrogens with zero attached hydrogens (tertiary/aromatic N) is 6. The van der Waals surface area contributed by atoms with Gasteiger partial charge in [0.1, 0.15) is 0 Å². The molecule has 8 nitrogen and oxygen atoms in total. The second-order valence-corrected chi connectivity index (χ2v) is 8.55. The number of aryl methyl sites for hydroxylation is 5. The highest BCUT2D eigenvalue weighted by atomic mass is 16.2. The number of rotatable bonds is 4. The van der Waals surface area contributed by atoms with Gasteiger partial charge in [0.2, 0.25) is 5.95 Å². The molecule has 162 valence electrons. The van der Waals surface area contributed by atoms with Crippen LogP contribution in [0.5, 0.6) is 0 Å². The van der Waals surface area contributed by atoms with E-state index in [2.05, 4.69) is 5.10 Å². The van der Waals surface area contributed by atoms with Gasteiger partial charge in [0.25, 0.3) is 5.56 Å². The second-order valence-electron chi connectivity index (χ2n) is 8.55. The van der Waals surface area contributed by atoms with Gasteiger partial charge in [-0.2, -0.15) is 10.1 Å². The van der Waals surface area contributed by atoms with Crippen LogP contribution in [-0.2, 0) is 13.6 Å². The zero-order valence-corrected chi connectivity index (χ0v) is 19.1. The highest BCUT2D eigenvalue weighted by Gasteiger charge is 2.24. The third kappa shape index (κ3) is 3.32. The fraction of sp³-hybridized carbons (Fsp3) is 0.391. The predicted molar refractivity (Wildman–Crippen MR) is 121 cm³/mol. The molecule has 0 unspecified atom stereocenters. The zero-order valence-electron chi connectivity index (χ0n) is 19.1. The van der Waals surface area contributed by atoms with E-state index >= 15 is 0 Å². The van der Waals surface area contributed by atoms with Crippen molar-refractivity contribution in [3.63, 3.8) is 0 Å². The minimum absolute atomic E-state index is 0.0525. The highest BCUT2D eigenvalue weighted by Crippen LogP contribution is 2.22. The smallest absolute Gasteiger partial charge is 0.300 e. The number of benzene rings is 1. The largest absolute Gasteiger partial charge is 0.332 e. The molecule has 31 heavy (non-hydrogen) atoms. The summed E-state index contributed by atoms with van der Waals surface area (Å²) in [5.74, 6) is 0.534. The second kappa shape index (κ2) is 7.37. The molecular formula is C23H28N6O2. The molecule has 8 heteroatoms. The molecule has 0 radical (unpaired) electrons. The van der Waals surface area contributed by atoms with E-state index in [1.165, 1.54) is 9.13 Å². The molecule has 0 fully saturated rings. The lowest BCUT2D eigenvalue weighted by molar-refractivity contribution is 0.577. The van der Waals surface area contributed by atoms with Crippen molar-refractivity contribution >= 4 is 11.2 Å². The van der Waals surface area contributed by atoms with Gasteiger partial charge in [0, 0.05) is 18.8 Å². The first-order valence-electron chi connectivity index (χ1n) is 10.4. The molecular weight excluding hydrogens is 392 g/mol. The molecule has 0 saturated carbocycles. The van der Waals surface area contributed by atoms with Crippen LogP contribution in [-0.4, -0.2) is 28.5 Å². The van der Waals surface area contributed by atoms with Crippen molar-refractivity contribution in [1.29, 1.82) is 0 Å². The Bertz CT molecular complexity index is 1430. The Kier molecular flexibility index (Phi) is 4.95. The van der Waals surface area contributed by atoms with E-state index in [0.29, 0.717) is 17.1 Å². The van der Waals surface area contributed by atoms with E-state index in [1.54, 1.807) is 11.7 Å². The van der Waals surface area contributed by atoms with Gasteiger partial charge in [-0.3, -0.25) is 18.5 Å². The number of hydrogen-bond acceptors (Lipinski definition) is 4. The van der Waals surface area contributed by atoms with Gasteiger partial charge in [-0.1, -0.05) is 23.8 Å². The first kappa shape index (κ1) is 20.8. The van der Waals surface area contributed by atoms with Crippen LogP contribution in [0.3, 0.4) is 0 Å². The number of hydrogen-bond donors (Lipinski definition) is 0. The zero-order chi connectivity index (χ0) is 22.6. The average Bonchev–Trinajstić information content (AvgIpc) is 3.26. The average molecular weight is 421 g/mol. The molecule has 0 aliphatic heterocycles. The quantitative estimate of drug-likeness (QED) is 0.508. The Balaban J connectivity index is 2.05. The van der Waals surface area contributed by atoms with Crippen LogP contribution < -0.4 is 11.2 Å². The number of aromatic nitrogens is 6.